The van der Waals surface area contributed by atoms with E-state index in [1.165, 1.54) is 6.07 Å². The lowest BCUT2D eigenvalue weighted by Crippen LogP contribution is -2.33. The largest absolute Gasteiger partial charge is 0.458 e. The number of H-pyrrole nitrogens is 1. The highest BCUT2D eigenvalue weighted by atomic mass is 35.5. The van der Waals surface area contributed by atoms with Gasteiger partial charge in [0, 0.05) is 34.3 Å². The number of fused-ring (bicyclic) bond motifs is 1. The Hall–Kier alpha value is -1.83. The molecule has 0 saturated heterocycles. The highest BCUT2D eigenvalue weighted by Crippen LogP contribution is 2.44. The van der Waals surface area contributed by atoms with E-state index < -0.39 is 17.7 Å². The number of alkyl halides is 5. The van der Waals surface area contributed by atoms with Gasteiger partial charge in [0.2, 0.25) is 0 Å². The van der Waals surface area contributed by atoms with Crippen molar-refractivity contribution in [3.05, 3.63) is 35.0 Å². The molecule has 0 unspecified atom stereocenters. The van der Waals surface area contributed by atoms with Gasteiger partial charge in [-0.1, -0.05) is 6.07 Å². The molecule has 0 radical (unpaired) electrons. The van der Waals surface area contributed by atoms with Gasteiger partial charge in [-0.05, 0) is 19.1 Å². The van der Waals surface area contributed by atoms with Crippen molar-refractivity contribution < 1.29 is 22.0 Å². The van der Waals surface area contributed by atoms with E-state index in [1.54, 1.807) is 6.92 Å². The molecule has 0 fully saturated rings. The number of hydrogen-bond donors (Lipinski definition) is 2. The molecule has 126 valence electrons. The van der Waals surface area contributed by atoms with Crippen LogP contribution in [-0.4, -0.2) is 30.1 Å². The minimum Gasteiger partial charge on any atom is -0.368 e. The van der Waals surface area contributed by atoms with Gasteiger partial charge in [-0.2, -0.15) is 22.0 Å². The molecule has 0 aliphatic carbocycles. The molecule has 1 aromatic carbocycles. The molecule has 0 atom stereocenters. The van der Waals surface area contributed by atoms with Gasteiger partial charge in [-0.15, -0.1) is 12.4 Å². The summed E-state index contributed by atoms with van der Waals surface area (Å²) < 4.78 is 64.6. The maximum Gasteiger partial charge on any atom is 0.458 e. The smallest absolute Gasteiger partial charge is 0.368 e. The van der Waals surface area contributed by atoms with Crippen LogP contribution in [0.5, 0.6) is 0 Å². The number of aromatic nitrogens is 1. The second-order valence-electron chi connectivity index (χ2n) is 5.11. The van der Waals surface area contributed by atoms with Crippen molar-refractivity contribution in [1.29, 1.82) is 0 Å². The van der Waals surface area contributed by atoms with Crippen LogP contribution in [0.15, 0.2) is 23.2 Å². The summed E-state index contributed by atoms with van der Waals surface area (Å²) in [6.45, 7) is 2.87. The SMILES string of the molecule is Cc1[nH]c2ccc(C(F)(F)C(F)(F)F)cc2c1C1=NCCN1.Cl. The van der Waals surface area contributed by atoms with E-state index >= 15 is 0 Å². The van der Waals surface area contributed by atoms with Crippen molar-refractivity contribution in [2.45, 2.75) is 19.0 Å². The van der Waals surface area contributed by atoms with Crippen molar-refractivity contribution in [3.8, 4) is 0 Å². The van der Waals surface area contributed by atoms with Crippen LogP contribution in [0.4, 0.5) is 22.0 Å². The molecule has 1 aromatic heterocycles. The van der Waals surface area contributed by atoms with E-state index in [0.717, 1.165) is 12.1 Å². The van der Waals surface area contributed by atoms with Gasteiger partial charge in [-0.25, -0.2) is 0 Å². The zero-order valence-electron chi connectivity index (χ0n) is 11.9. The van der Waals surface area contributed by atoms with Crippen LogP contribution in [0.2, 0.25) is 0 Å². The number of benzene rings is 1. The molecule has 3 nitrogen and oxygen atoms in total. The van der Waals surface area contributed by atoms with Gasteiger partial charge in [-0.3, -0.25) is 4.99 Å². The minimum absolute atomic E-state index is 0. The Morgan fingerprint density at radius 3 is 2.39 bits per heavy atom. The van der Waals surface area contributed by atoms with E-state index in [1.807, 2.05) is 0 Å². The molecule has 0 spiro atoms. The van der Waals surface area contributed by atoms with Crippen LogP contribution in [-0.2, 0) is 5.92 Å². The third-order valence-corrected chi connectivity index (χ3v) is 3.62. The number of nitrogens with one attached hydrogen (secondary N) is 2. The highest BCUT2D eigenvalue weighted by Gasteiger charge is 2.58. The van der Waals surface area contributed by atoms with Crippen LogP contribution in [0, 0.1) is 6.92 Å². The molecular formula is C14H13ClF5N3. The predicted octanol–water partition coefficient (Wildman–Crippen LogP) is 3.90. The van der Waals surface area contributed by atoms with Crippen LogP contribution in [0.1, 0.15) is 16.8 Å². The van der Waals surface area contributed by atoms with Gasteiger partial charge < -0.3 is 10.3 Å². The van der Waals surface area contributed by atoms with Crippen LogP contribution in [0.25, 0.3) is 10.9 Å². The number of rotatable bonds is 2. The lowest BCUT2D eigenvalue weighted by atomic mass is 10.0. The van der Waals surface area contributed by atoms with Crippen molar-refractivity contribution in [1.82, 2.24) is 10.3 Å². The van der Waals surface area contributed by atoms with Crippen molar-refractivity contribution in [3.63, 3.8) is 0 Å². The predicted molar refractivity (Wildman–Crippen MR) is 79.6 cm³/mol. The molecule has 2 N–H and O–H groups in total. The number of hydrogen-bond acceptors (Lipinski definition) is 2. The number of halogens is 6. The summed E-state index contributed by atoms with van der Waals surface area (Å²) in [5.74, 6) is -4.38. The first-order valence-corrected chi connectivity index (χ1v) is 6.58. The summed E-state index contributed by atoms with van der Waals surface area (Å²) in [6.07, 6.45) is -5.63. The van der Waals surface area contributed by atoms with E-state index in [-0.39, 0.29) is 12.4 Å². The molecule has 0 amide bonds. The number of aliphatic imine (C=N–C) groups is 1. The Kier molecular flexibility index (Phi) is 4.32. The average molecular weight is 354 g/mol. The third-order valence-electron chi connectivity index (χ3n) is 3.62. The highest BCUT2D eigenvalue weighted by molar-refractivity contribution is 6.11. The van der Waals surface area contributed by atoms with Crippen LogP contribution < -0.4 is 5.32 Å². The van der Waals surface area contributed by atoms with Gasteiger partial charge in [0.05, 0.1) is 6.54 Å². The van der Waals surface area contributed by atoms with E-state index in [4.69, 9.17) is 0 Å². The second kappa shape index (κ2) is 5.67. The molecule has 1 aliphatic rings. The first kappa shape index (κ1) is 17.5. The maximum atomic E-state index is 13.5. The van der Waals surface area contributed by atoms with Crippen molar-refractivity contribution in [2.24, 2.45) is 4.99 Å². The van der Waals surface area contributed by atoms with Crippen molar-refractivity contribution in [2.75, 3.05) is 13.1 Å². The van der Waals surface area contributed by atoms with Crippen LogP contribution in [0.3, 0.4) is 0 Å². The summed E-state index contributed by atoms with van der Waals surface area (Å²) in [5.41, 5.74) is 0.611. The Labute approximate surface area is 134 Å². The van der Waals surface area contributed by atoms with Crippen molar-refractivity contribution >= 4 is 29.1 Å². The number of amidine groups is 1. The van der Waals surface area contributed by atoms with Gasteiger partial charge in [0.15, 0.2) is 0 Å². The monoisotopic (exact) mass is 353 g/mol. The van der Waals surface area contributed by atoms with E-state index in [9.17, 15) is 22.0 Å². The Morgan fingerprint density at radius 2 is 1.83 bits per heavy atom. The second-order valence-corrected chi connectivity index (χ2v) is 5.11. The Morgan fingerprint density at radius 1 is 1.13 bits per heavy atom. The molecule has 1 aliphatic heterocycles. The molecule has 0 bridgehead atoms. The first-order valence-electron chi connectivity index (χ1n) is 6.58. The lowest BCUT2D eigenvalue weighted by Gasteiger charge is -2.20. The standard InChI is InChI=1S/C14H12F5N3.ClH/c1-7-11(12-20-4-5-21-12)9-6-8(2-3-10(9)22-7)13(15,16)14(17,18)19;/h2-3,6,22H,4-5H2,1H3,(H,20,21);1H. The third kappa shape index (κ3) is 2.75. The summed E-state index contributed by atoms with van der Waals surface area (Å²) in [4.78, 5) is 7.18. The summed E-state index contributed by atoms with van der Waals surface area (Å²) in [7, 11) is 0. The molecular weight excluding hydrogens is 341 g/mol. The minimum atomic E-state index is -5.63. The van der Waals surface area contributed by atoms with Gasteiger partial charge in [0.1, 0.15) is 5.84 Å². The fourth-order valence-corrected chi connectivity index (χ4v) is 2.56. The zero-order chi connectivity index (χ0) is 16.1. The zero-order valence-corrected chi connectivity index (χ0v) is 12.7. The lowest BCUT2D eigenvalue weighted by molar-refractivity contribution is -0.289. The topological polar surface area (TPSA) is 40.2 Å². The van der Waals surface area contributed by atoms with E-state index in [0.29, 0.717) is 41.1 Å². The Balaban J connectivity index is 0.00000192. The Bertz CT molecular complexity index is 764. The molecule has 23 heavy (non-hydrogen) atoms. The summed E-state index contributed by atoms with van der Waals surface area (Å²) >= 11 is 0. The molecule has 9 heteroatoms. The summed E-state index contributed by atoms with van der Waals surface area (Å²) in [6, 6.07) is 2.90. The van der Waals surface area contributed by atoms with Gasteiger partial charge >= 0.3 is 12.1 Å². The van der Waals surface area contributed by atoms with Gasteiger partial charge in [0.25, 0.3) is 0 Å². The van der Waals surface area contributed by atoms with Crippen LogP contribution >= 0.6 is 12.4 Å². The molecule has 2 aromatic rings. The molecule has 2 heterocycles. The summed E-state index contributed by atoms with van der Waals surface area (Å²) in [5, 5.41) is 3.30. The maximum absolute atomic E-state index is 13.5. The molecule has 0 saturated carbocycles. The first-order chi connectivity index (χ1) is 10.2. The van der Waals surface area contributed by atoms with E-state index in [2.05, 4.69) is 15.3 Å². The number of aromatic amines is 1. The molecule has 3 rings (SSSR count). The average Bonchev–Trinajstić information content (AvgIpc) is 3.02. The normalized spacial score (nSPS) is 15.3. The number of aryl methyl sites for hydroxylation is 1. The fourth-order valence-electron chi connectivity index (χ4n) is 2.56. The quantitative estimate of drug-likeness (QED) is 0.790. The number of nitrogens with zero attached hydrogens (tertiary/aromatic N) is 1. The fraction of sp³-hybridized carbons (Fsp3) is 0.357.